The van der Waals surface area contributed by atoms with E-state index in [1.54, 1.807) is 17.3 Å². The number of rotatable bonds is 4. The Morgan fingerprint density at radius 2 is 2.15 bits per heavy atom. The number of aryl methyl sites for hydroxylation is 1. The number of nitrogens with zero attached hydrogens (tertiary/aromatic N) is 3. The van der Waals surface area contributed by atoms with Crippen molar-refractivity contribution in [2.75, 3.05) is 6.54 Å². The molecule has 1 saturated heterocycles. The average molecular weight is 276 g/mol. The molecule has 108 valence electrons. The zero-order valence-electron chi connectivity index (χ0n) is 11.9. The fourth-order valence-corrected chi connectivity index (χ4v) is 2.23. The largest absolute Gasteiger partial charge is 0.344 e. The van der Waals surface area contributed by atoms with Crippen molar-refractivity contribution in [1.29, 1.82) is 0 Å². The highest BCUT2D eigenvalue weighted by molar-refractivity contribution is 5.89. The van der Waals surface area contributed by atoms with Gasteiger partial charge in [0.15, 0.2) is 0 Å². The first-order chi connectivity index (χ1) is 9.60. The van der Waals surface area contributed by atoms with Crippen LogP contribution in [0, 0.1) is 6.92 Å². The molecule has 0 aliphatic carbocycles. The third-order valence-corrected chi connectivity index (χ3v) is 3.32. The van der Waals surface area contributed by atoms with Gasteiger partial charge in [0.25, 0.3) is 0 Å². The molecule has 1 aliphatic rings. The smallest absolute Gasteiger partial charge is 0.245 e. The van der Waals surface area contributed by atoms with E-state index in [0.717, 1.165) is 17.8 Å². The summed E-state index contributed by atoms with van der Waals surface area (Å²) in [4.78, 5) is 34.2. The van der Waals surface area contributed by atoms with Gasteiger partial charge in [-0.3, -0.25) is 19.6 Å². The SMILES string of the molecule is CCCC1NC(=O)CCN(Cc2cnc(C)cn2)C1=O. The number of hydrogen-bond acceptors (Lipinski definition) is 4. The molecule has 0 spiro atoms. The zero-order chi connectivity index (χ0) is 14.5. The summed E-state index contributed by atoms with van der Waals surface area (Å²) in [6.45, 7) is 4.70. The minimum Gasteiger partial charge on any atom is -0.344 e. The highest BCUT2D eigenvalue weighted by Crippen LogP contribution is 2.11. The molecule has 1 fully saturated rings. The first-order valence-electron chi connectivity index (χ1n) is 6.96. The van der Waals surface area contributed by atoms with Gasteiger partial charge in [0.05, 0.1) is 24.1 Å². The number of aromatic nitrogens is 2. The van der Waals surface area contributed by atoms with Gasteiger partial charge in [-0.25, -0.2) is 0 Å². The predicted molar refractivity (Wildman–Crippen MR) is 73.6 cm³/mol. The molecule has 1 aromatic heterocycles. The third-order valence-electron chi connectivity index (χ3n) is 3.32. The molecule has 0 saturated carbocycles. The molecule has 2 heterocycles. The summed E-state index contributed by atoms with van der Waals surface area (Å²) in [5, 5.41) is 2.79. The maximum Gasteiger partial charge on any atom is 0.245 e. The zero-order valence-corrected chi connectivity index (χ0v) is 11.9. The van der Waals surface area contributed by atoms with E-state index in [1.165, 1.54) is 0 Å². The van der Waals surface area contributed by atoms with E-state index in [2.05, 4.69) is 15.3 Å². The Bertz CT molecular complexity index is 486. The Labute approximate surface area is 118 Å². The first-order valence-corrected chi connectivity index (χ1v) is 6.96. The van der Waals surface area contributed by atoms with E-state index < -0.39 is 6.04 Å². The van der Waals surface area contributed by atoms with Gasteiger partial charge in [0.2, 0.25) is 11.8 Å². The molecule has 1 atom stereocenters. The number of carbonyl (C=O) groups is 2. The number of amides is 2. The van der Waals surface area contributed by atoms with Crippen LogP contribution in [0.4, 0.5) is 0 Å². The standard InChI is InChI=1S/C14H20N4O2/c1-3-4-12-14(20)18(6-5-13(19)17-12)9-11-8-15-10(2)7-16-11/h7-8,12H,3-6,9H2,1-2H3,(H,17,19). The molecule has 0 aromatic carbocycles. The Balaban J connectivity index is 2.10. The van der Waals surface area contributed by atoms with E-state index in [-0.39, 0.29) is 11.8 Å². The lowest BCUT2D eigenvalue weighted by molar-refractivity contribution is -0.134. The van der Waals surface area contributed by atoms with Crippen molar-refractivity contribution < 1.29 is 9.59 Å². The molecule has 0 bridgehead atoms. The van der Waals surface area contributed by atoms with Crippen LogP contribution >= 0.6 is 0 Å². The average Bonchev–Trinajstić information content (AvgIpc) is 2.55. The van der Waals surface area contributed by atoms with Crippen molar-refractivity contribution in [3.05, 3.63) is 23.8 Å². The molecule has 0 radical (unpaired) electrons. The minimum absolute atomic E-state index is 0.0277. The molecular weight excluding hydrogens is 256 g/mol. The number of hydrogen-bond donors (Lipinski definition) is 1. The van der Waals surface area contributed by atoms with Gasteiger partial charge >= 0.3 is 0 Å². The van der Waals surface area contributed by atoms with Crippen molar-refractivity contribution in [3.63, 3.8) is 0 Å². The number of nitrogens with one attached hydrogen (secondary N) is 1. The van der Waals surface area contributed by atoms with Gasteiger partial charge < -0.3 is 10.2 Å². The Morgan fingerprint density at radius 3 is 2.80 bits per heavy atom. The molecule has 1 N–H and O–H groups in total. The van der Waals surface area contributed by atoms with Crippen LogP contribution in [0.25, 0.3) is 0 Å². The normalized spacial score (nSPS) is 19.7. The molecule has 2 amide bonds. The fraction of sp³-hybridized carbons (Fsp3) is 0.571. The Hall–Kier alpha value is -1.98. The number of carbonyl (C=O) groups excluding carboxylic acids is 2. The van der Waals surface area contributed by atoms with Crippen LogP contribution in [0.1, 0.15) is 37.6 Å². The Morgan fingerprint density at radius 1 is 1.35 bits per heavy atom. The second-order valence-electron chi connectivity index (χ2n) is 5.07. The van der Waals surface area contributed by atoms with Crippen LogP contribution in [0.3, 0.4) is 0 Å². The van der Waals surface area contributed by atoms with Crippen molar-refractivity contribution in [3.8, 4) is 0 Å². The topological polar surface area (TPSA) is 75.2 Å². The van der Waals surface area contributed by atoms with E-state index in [0.29, 0.717) is 25.9 Å². The quantitative estimate of drug-likeness (QED) is 0.882. The highest BCUT2D eigenvalue weighted by Gasteiger charge is 2.29. The van der Waals surface area contributed by atoms with Crippen molar-refractivity contribution in [2.24, 2.45) is 0 Å². The summed E-state index contributed by atoms with van der Waals surface area (Å²) >= 11 is 0. The van der Waals surface area contributed by atoms with Crippen LogP contribution in [-0.2, 0) is 16.1 Å². The van der Waals surface area contributed by atoms with Gasteiger partial charge in [-0.15, -0.1) is 0 Å². The minimum atomic E-state index is -0.409. The van der Waals surface area contributed by atoms with Crippen molar-refractivity contribution in [1.82, 2.24) is 20.2 Å². The molecule has 1 aliphatic heterocycles. The summed E-state index contributed by atoms with van der Waals surface area (Å²) in [5.74, 6) is -0.0886. The Kier molecular flexibility index (Phi) is 4.65. The van der Waals surface area contributed by atoms with E-state index >= 15 is 0 Å². The molecule has 6 heteroatoms. The summed E-state index contributed by atoms with van der Waals surface area (Å²) in [7, 11) is 0. The van der Waals surface area contributed by atoms with Crippen LogP contribution < -0.4 is 5.32 Å². The van der Waals surface area contributed by atoms with Crippen LogP contribution in [0.2, 0.25) is 0 Å². The first kappa shape index (κ1) is 14.4. The fourth-order valence-electron chi connectivity index (χ4n) is 2.23. The maximum atomic E-state index is 12.4. The van der Waals surface area contributed by atoms with Crippen molar-refractivity contribution in [2.45, 2.75) is 45.7 Å². The highest BCUT2D eigenvalue weighted by atomic mass is 16.2. The van der Waals surface area contributed by atoms with Gasteiger partial charge in [-0.05, 0) is 13.3 Å². The van der Waals surface area contributed by atoms with Crippen LogP contribution in [-0.4, -0.2) is 39.3 Å². The van der Waals surface area contributed by atoms with E-state index in [1.807, 2.05) is 13.8 Å². The van der Waals surface area contributed by atoms with Gasteiger partial charge in [0, 0.05) is 19.2 Å². The van der Waals surface area contributed by atoms with Gasteiger partial charge in [-0.2, -0.15) is 0 Å². The lowest BCUT2D eigenvalue weighted by Gasteiger charge is -2.23. The van der Waals surface area contributed by atoms with Gasteiger partial charge in [-0.1, -0.05) is 13.3 Å². The van der Waals surface area contributed by atoms with Crippen molar-refractivity contribution >= 4 is 11.8 Å². The lowest BCUT2D eigenvalue weighted by Crippen LogP contribution is -2.44. The van der Waals surface area contributed by atoms with Gasteiger partial charge in [0.1, 0.15) is 6.04 Å². The second-order valence-corrected chi connectivity index (χ2v) is 5.07. The third kappa shape index (κ3) is 3.53. The molecule has 1 aromatic rings. The molecular formula is C14H20N4O2. The molecule has 1 unspecified atom stereocenters. The van der Waals surface area contributed by atoms with Crippen LogP contribution in [0.15, 0.2) is 12.4 Å². The predicted octanol–water partition coefficient (Wildman–Crippen LogP) is 0.802. The summed E-state index contributed by atoms with van der Waals surface area (Å²) < 4.78 is 0. The summed E-state index contributed by atoms with van der Waals surface area (Å²) in [5.41, 5.74) is 1.59. The van der Waals surface area contributed by atoms with Crippen LogP contribution in [0.5, 0.6) is 0 Å². The second kappa shape index (κ2) is 6.45. The maximum absolute atomic E-state index is 12.4. The van der Waals surface area contributed by atoms with E-state index in [4.69, 9.17) is 0 Å². The molecule has 6 nitrogen and oxygen atoms in total. The summed E-state index contributed by atoms with van der Waals surface area (Å²) in [6, 6.07) is -0.409. The molecule has 20 heavy (non-hydrogen) atoms. The monoisotopic (exact) mass is 276 g/mol. The van der Waals surface area contributed by atoms with E-state index in [9.17, 15) is 9.59 Å². The summed E-state index contributed by atoms with van der Waals surface area (Å²) in [6.07, 6.45) is 5.23. The lowest BCUT2D eigenvalue weighted by atomic mass is 10.1. The molecule has 2 rings (SSSR count).